The minimum Gasteiger partial charge on any atom is -0.287 e. The number of hydrogen-bond acceptors (Lipinski definition) is 2. The zero-order valence-electron chi connectivity index (χ0n) is 13.1. The molecule has 3 nitrogen and oxygen atoms in total. The Balaban J connectivity index is 2.26. The second-order valence-electron chi connectivity index (χ2n) is 6.52. The van der Waals surface area contributed by atoms with Gasteiger partial charge in [-0.25, -0.2) is 0 Å². The lowest BCUT2D eigenvalue weighted by molar-refractivity contribution is -0.203. The van der Waals surface area contributed by atoms with E-state index in [2.05, 4.69) is 21.4 Å². The normalized spacial score (nSPS) is 19.5. The molecule has 1 fully saturated rings. The van der Waals surface area contributed by atoms with Gasteiger partial charge in [-0.05, 0) is 30.7 Å². The Morgan fingerprint density at radius 2 is 1.88 bits per heavy atom. The molecule has 0 aliphatic carbocycles. The van der Waals surface area contributed by atoms with Gasteiger partial charge in [0.1, 0.15) is 0 Å². The minimum atomic E-state index is -4.55. The third kappa shape index (κ3) is 2.91. The van der Waals surface area contributed by atoms with Crippen LogP contribution in [0.15, 0.2) is 40.9 Å². The molecule has 128 valence electrons. The summed E-state index contributed by atoms with van der Waals surface area (Å²) in [6.45, 7) is 3.26. The van der Waals surface area contributed by atoms with Gasteiger partial charge in [0.05, 0.1) is 0 Å². The lowest BCUT2D eigenvalue weighted by Crippen LogP contribution is -2.51. The van der Waals surface area contributed by atoms with Crippen LogP contribution in [0.1, 0.15) is 31.9 Å². The van der Waals surface area contributed by atoms with Crippen molar-refractivity contribution in [2.24, 2.45) is 0 Å². The Bertz CT molecular complexity index is 804. The van der Waals surface area contributed by atoms with Crippen LogP contribution in [0.25, 0.3) is 10.8 Å². The Morgan fingerprint density at radius 1 is 1.21 bits per heavy atom. The number of halogens is 4. The summed E-state index contributed by atoms with van der Waals surface area (Å²) in [5, 5.41) is 2.25. The summed E-state index contributed by atoms with van der Waals surface area (Å²) in [7, 11) is 0. The van der Waals surface area contributed by atoms with Crippen molar-refractivity contribution < 1.29 is 18.0 Å². The Morgan fingerprint density at radius 3 is 2.46 bits per heavy atom. The van der Waals surface area contributed by atoms with Crippen LogP contribution in [0.3, 0.4) is 0 Å². The molecule has 7 heteroatoms. The van der Waals surface area contributed by atoms with Crippen molar-refractivity contribution in [2.75, 3.05) is 0 Å². The van der Waals surface area contributed by atoms with E-state index in [4.69, 9.17) is 0 Å². The van der Waals surface area contributed by atoms with Crippen LogP contribution >= 0.6 is 15.9 Å². The number of fused-ring (bicyclic) bond motifs is 1. The number of rotatable bonds is 2. The fourth-order valence-corrected chi connectivity index (χ4v) is 3.77. The molecule has 2 aromatic rings. The second kappa shape index (κ2) is 5.74. The summed E-state index contributed by atoms with van der Waals surface area (Å²) in [6.07, 6.45) is -4.54. The highest BCUT2D eigenvalue weighted by Crippen LogP contribution is 2.47. The standard InChI is InChI=1S/C17H16BrF3N2O/c1-16(2)9-13(24)22-23(16)15(17(19,20)21)14-11-6-4-3-5-10(11)7-8-12(14)18/h3-8,15H,9H2,1-2H3,(H,22,24). The van der Waals surface area contributed by atoms with E-state index in [1.807, 2.05) is 0 Å². The van der Waals surface area contributed by atoms with Gasteiger partial charge in [-0.3, -0.25) is 10.2 Å². The molecule has 0 bridgehead atoms. The molecule has 1 saturated heterocycles. The third-order valence-electron chi connectivity index (χ3n) is 4.25. The van der Waals surface area contributed by atoms with Crippen molar-refractivity contribution in [1.82, 2.24) is 10.4 Å². The molecule has 24 heavy (non-hydrogen) atoms. The average molecular weight is 401 g/mol. The monoisotopic (exact) mass is 400 g/mol. The lowest BCUT2D eigenvalue weighted by Gasteiger charge is -2.38. The maximum atomic E-state index is 14.0. The summed E-state index contributed by atoms with van der Waals surface area (Å²) in [5.41, 5.74) is 1.55. The summed E-state index contributed by atoms with van der Waals surface area (Å²) in [5.74, 6) is -0.411. The maximum Gasteiger partial charge on any atom is 0.409 e. The second-order valence-corrected chi connectivity index (χ2v) is 7.37. The maximum absolute atomic E-state index is 14.0. The molecule has 0 spiro atoms. The van der Waals surface area contributed by atoms with E-state index >= 15 is 0 Å². The molecular weight excluding hydrogens is 385 g/mol. The Hall–Kier alpha value is -1.60. The number of benzene rings is 2. The molecule has 1 N–H and O–H groups in total. The molecular formula is C17H16BrF3N2O. The van der Waals surface area contributed by atoms with Gasteiger partial charge in [0.2, 0.25) is 5.91 Å². The van der Waals surface area contributed by atoms with Crippen molar-refractivity contribution in [3.05, 3.63) is 46.4 Å². The van der Waals surface area contributed by atoms with Crippen LogP contribution < -0.4 is 5.43 Å². The first-order valence-corrected chi connectivity index (χ1v) is 8.23. The first-order valence-electron chi connectivity index (χ1n) is 7.44. The number of alkyl halides is 3. The number of hydrogen-bond donors (Lipinski definition) is 1. The van der Waals surface area contributed by atoms with Crippen LogP contribution in [0.2, 0.25) is 0 Å². The van der Waals surface area contributed by atoms with Gasteiger partial charge in [-0.15, -0.1) is 0 Å². The predicted molar refractivity (Wildman–Crippen MR) is 89.1 cm³/mol. The molecule has 1 aliphatic heterocycles. The smallest absolute Gasteiger partial charge is 0.287 e. The molecule has 1 heterocycles. The molecule has 1 atom stereocenters. The predicted octanol–water partition coefficient (Wildman–Crippen LogP) is 4.72. The van der Waals surface area contributed by atoms with E-state index in [9.17, 15) is 18.0 Å². The molecule has 1 unspecified atom stereocenters. The van der Waals surface area contributed by atoms with E-state index in [-0.39, 0.29) is 12.0 Å². The van der Waals surface area contributed by atoms with E-state index in [0.717, 1.165) is 5.01 Å². The molecule has 1 aliphatic rings. The molecule has 1 amide bonds. The number of nitrogens with zero attached hydrogens (tertiary/aromatic N) is 1. The summed E-state index contributed by atoms with van der Waals surface area (Å²) < 4.78 is 42.4. The van der Waals surface area contributed by atoms with Crippen molar-refractivity contribution >= 4 is 32.6 Å². The summed E-state index contributed by atoms with van der Waals surface area (Å²) in [4.78, 5) is 11.7. The number of amides is 1. The Labute approximate surface area is 145 Å². The van der Waals surface area contributed by atoms with Crippen molar-refractivity contribution in [3.8, 4) is 0 Å². The van der Waals surface area contributed by atoms with Gasteiger partial charge in [0.15, 0.2) is 6.04 Å². The van der Waals surface area contributed by atoms with Crippen molar-refractivity contribution in [1.29, 1.82) is 0 Å². The van der Waals surface area contributed by atoms with Crippen LogP contribution in [0, 0.1) is 0 Å². The first kappa shape index (κ1) is 17.2. The van der Waals surface area contributed by atoms with Crippen LogP contribution in [0.4, 0.5) is 13.2 Å². The zero-order valence-corrected chi connectivity index (χ0v) is 14.7. The first-order chi connectivity index (χ1) is 11.1. The quantitative estimate of drug-likeness (QED) is 0.790. The summed E-state index contributed by atoms with van der Waals surface area (Å²) in [6, 6.07) is 8.36. The van der Waals surface area contributed by atoms with E-state index in [1.54, 1.807) is 50.2 Å². The van der Waals surface area contributed by atoms with E-state index in [0.29, 0.717) is 15.2 Å². The molecule has 3 rings (SSSR count). The van der Waals surface area contributed by atoms with Gasteiger partial charge >= 0.3 is 6.18 Å². The van der Waals surface area contributed by atoms with E-state index in [1.165, 1.54) is 0 Å². The fourth-order valence-electron chi connectivity index (χ4n) is 3.20. The van der Waals surface area contributed by atoms with Crippen molar-refractivity contribution in [3.63, 3.8) is 0 Å². The molecule has 0 saturated carbocycles. The number of carbonyl (C=O) groups excluding carboxylic acids is 1. The minimum absolute atomic E-state index is 0.0158. The van der Waals surface area contributed by atoms with E-state index < -0.39 is 23.7 Å². The van der Waals surface area contributed by atoms with Gasteiger partial charge in [0, 0.05) is 22.0 Å². The SMILES string of the molecule is CC1(C)CC(=O)NN1C(c1c(Br)ccc2ccccc12)C(F)(F)F. The molecule has 0 aromatic heterocycles. The largest absolute Gasteiger partial charge is 0.409 e. The average Bonchev–Trinajstić information content (AvgIpc) is 2.73. The third-order valence-corrected chi connectivity index (χ3v) is 4.94. The highest BCUT2D eigenvalue weighted by atomic mass is 79.9. The van der Waals surface area contributed by atoms with Crippen LogP contribution in [0.5, 0.6) is 0 Å². The zero-order chi connectivity index (χ0) is 17.7. The Kier molecular flexibility index (Phi) is 4.12. The van der Waals surface area contributed by atoms with Crippen molar-refractivity contribution in [2.45, 2.75) is 38.0 Å². The fraction of sp³-hybridized carbons (Fsp3) is 0.353. The highest BCUT2D eigenvalue weighted by Gasteiger charge is 2.53. The lowest BCUT2D eigenvalue weighted by atomic mass is 9.94. The number of carbonyl (C=O) groups is 1. The summed E-state index contributed by atoms with van der Waals surface area (Å²) >= 11 is 3.27. The van der Waals surface area contributed by atoms with Crippen LogP contribution in [-0.4, -0.2) is 22.6 Å². The number of nitrogens with one attached hydrogen (secondary N) is 1. The number of hydrazine groups is 1. The highest BCUT2D eigenvalue weighted by molar-refractivity contribution is 9.10. The topological polar surface area (TPSA) is 32.3 Å². The van der Waals surface area contributed by atoms with Gasteiger partial charge in [0.25, 0.3) is 0 Å². The van der Waals surface area contributed by atoms with Gasteiger partial charge < -0.3 is 0 Å². The van der Waals surface area contributed by atoms with Crippen LogP contribution in [-0.2, 0) is 4.79 Å². The van der Waals surface area contributed by atoms with Gasteiger partial charge in [-0.2, -0.15) is 18.2 Å². The van der Waals surface area contributed by atoms with Gasteiger partial charge in [-0.1, -0.05) is 46.3 Å². The molecule has 0 radical (unpaired) electrons. The molecule has 2 aromatic carbocycles.